The molecule has 1 heterocycles. The molecule has 6 nitrogen and oxygen atoms in total. The number of nitrogens with zero attached hydrogens (tertiary/aromatic N) is 2. The molecule has 0 aliphatic heterocycles. The largest absolute Gasteiger partial charge is 0.490 e. The Labute approximate surface area is 149 Å². The quantitative estimate of drug-likeness (QED) is 0.758. The van der Waals surface area contributed by atoms with Crippen molar-refractivity contribution in [2.24, 2.45) is 0 Å². The third-order valence-corrected chi connectivity index (χ3v) is 3.78. The van der Waals surface area contributed by atoms with E-state index in [1.807, 2.05) is 62.8 Å². The molecule has 0 radical (unpaired) electrons. The molecule has 25 heavy (non-hydrogen) atoms. The van der Waals surface area contributed by atoms with Crippen molar-refractivity contribution in [1.29, 1.82) is 0 Å². The summed E-state index contributed by atoms with van der Waals surface area (Å²) in [5.41, 5.74) is 1.74. The maximum absolute atomic E-state index is 12.3. The second kappa shape index (κ2) is 9.11. The highest BCUT2D eigenvalue weighted by Gasteiger charge is 2.14. The highest BCUT2D eigenvalue weighted by Crippen LogP contribution is 2.28. The van der Waals surface area contributed by atoms with Gasteiger partial charge in [0.05, 0.1) is 31.4 Å². The zero-order valence-corrected chi connectivity index (χ0v) is 15.4. The molecule has 6 heteroatoms. The highest BCUT2D eigenvalue weighted by atomic mass is 16.5. The minimum atomic E-state index is -0.130. The van der Waals surface area contributed by atoms with Crippen LogP contribution in [0.3, 0.4) is 0 Å². The van der Waals surface area contributed by atoms with E-state index >= 15 is 0 Å². The summed E-state index contributed by atoms with van der Waals surface area (Å²) < 4.78 is 13.0. The number of nitrogens with one attached hydrogen (secondary N) is 1. The Morgan fingerprint density at radius 3 is 2.52 bits per heavy atom. The fourth-order valence-corrected chi connectivity index (χ4v) is 2.54. The van der Waals surface area contributed by atoms with Crippen molar-refractivity contribution >= 4 is 5.91 Å². The van der Waals surface area contributed by atoms with Gasteiger partial charge in [0.15, 0.2) is 11.5 Å². The molecule has 0 fully saturated rings. The van der Waals surface area contributed by atoms with Gasteiger partial charge in [-0.15, -0.1) is 0 Å². The number of benzene rings is 1. The molecule has 1 aromatic heterocycles. The second-order valence-electron chi connectivity index (χ2n) is 5.71. The average Bonchev–Trinajstić information content (AvgIpc) is 3.07. The van der Waals surface area contributed by atoms with Gasteiger partial charge in [-0.2, -0.15) is 5.10 Å². The predicted octanol–water partition coefficient (Wildman–Crippen LogP) is 3.12. The molecule has 0 saturated carbocycles. The molecular weight excluding hydrogens is 318 g/mol. The normalized spacial score (nSPS) is 11.8. The lowest BCUT2D eigenvalue weighted by molar-refractivity contribution is -0.121. The van der Waals surface area contributed by atoms with Crippen molar-refractivity contribution < 1.29 is 14.3 Å². The van der Waals surface area contributed by atoms with Crippen LogP contribution in [0, 0.1) is 0 Å². The lowest BCUT2D eigenvalue weighted by Gasteiger charge is -2.14. The van der Waals surface area contributed by atoms with E-state index in [0.29, 0.717) is 24.7 Å². The number of ether oxygens (including phenoxy) is 2. The summed E-state index contributed by atoms with van der Waals surface area (Å²) in [5, 5.41) is 7.41. The van der Waals surface area contributed by atoms with E-state index in [4.69, 9.17) is 9.47 Å². The van der Waals surface area contributed by atoms with Crippen LogP contribution in [0.15, 0.2) is 30.5 Å². The Morgan fingerprint density at radius 2 is 1.88 bits per heavy atom. The topological polar surface area (TPSA) is 65.4 Å². The zero-order chi connectivity index (χ0) is 18.2. The minimum absolute atomic E-state index is 0.0508. The van der Waals surface area contributed by atoms with Gasteiger partial charge in [0.25, 0.3) is 0 Å². The number of carbonyl (C=O) groups excluding carboxylic acids is 1. The first-order valence-corrected chi connectivity index (χ1v) is 8.78. The standard InChI is InChI=1S/C19H27N3O3/c1-5-22-11-10-16(21-22)14(4)20-19(23)13-15-8-9-17(24-6-2)18(12-15)25-7-3/h8-12,14H,5-7,13H2,1-4H3,(H,20,23). The van der Waals surface area contributed by atoms with Crippen molar-refractivity contribution in [3.05, 3.63) is 41.7 Å². The number of amides is 1. The molecule has 1 aromatic carbocycles. The number of aromatic nitrogens is 2. The van der Waals surface area contributed by atoms with Crippen LogP contribution in [0.25, 0.3) is 0 Å². The van der Waals surface area contributed by atoms with E-state index in [0.717, 1.165) is 17.8 Å². The Hall–Kier alpha value is -2.50. The molecule has 0 saturated heterocycles. The van der Waals surface area contributed by atoms with E-state index in [-0.39, 0.29) is 18.4 Å². The van der Waals surface area contributed by atoms with Gasteiger partial charge in [0, 0.05) is 12.7 Å². The molecule has 1 unspecified atom stereocenters. The predicted molar refractivity (Wildman–Crippen MR) is 96.9 cm³/mol. The first-order chi connectivity index (χ1) is 12.1. The molecule has 0 aliphatic rings. The summed E-state index contributed by atoms with van der Waals surface area (Å²) >= 11 is 0. The number of rotatable bonds is 9. The number of carbonyl (C=O) groups is 1. The van der Waals surface area contributed by atoms with Crippen LogP contribution in [0.4, 0.5) is 0 Å². The Balaban J connectivity index is 2.00. The lowest BCUT2D eigenvalue weighted by atomic mass is 10.1. The fourth-order valence-electron chi connectivity index (χ4n) is 2.54. The summed E-state index contributed by atoms with van der Waals surface area (Å²) in [7, 11) is 0. The Kier molecular flexibility index (Phi) is 6.86. The van der Waals surface area contributed by atoms with Crippen molar-refractivity contribution in [1.82, 2.24) is 15.1 Å². The van der Waals surface area contributed by atoms with Crippen LogP contribution in [-0.4, -0.2) is 28.9 Å². The third-order valence-electron chi connectivity index (χ3n) is 3.78. The summed E-state index contributed by atoms with van der Waals surface area (Å²) in [6.45, 7) is 9.75. The minimum Gasteiger partial charge on any atom is -0.490 e. The van der Waals surface area contributed by atoms with Gasteiger partial charge in [0.1, 0.15) is 0 Å². The number of hydrogen-bond acceptors (Lipinski definition) is 4. The molecule has 2 aromatic rings. The zero-order valence-electron chi connectivity index (χ0n) is 15.4. The van der Waals surface area contributed by atoms with Crippen LogP contribution in [0.1, 0.15) is 45.0 Å². The van der Waals surface area contributed by atoms with Gasteiger partial charge in [-0.05, 0) is 51.5 Å². The van der Waals surface area contributed by atoms with Crippen molar-refractivity contribution in [2.45, 2.75) is 46.7 Å². The summed E-state index contributed by atoms with van der Waals surface area (Å²) in [6.07, 6.45) is 2.20. The third kappa shape index (κ3) is 5.24. The lowest BCUT2D eigenvalue weighted by Crippen LogP contribution is -2.28. The maximum Gasteiger partial charge on any atom is 0.224 e. The first kappa shape index (κ1) is 18.8. The van der Waals surface area contributed by atoms with Gasteiger partial charge < -0.3 is 14.8 Å². The molecule has 2 rings (SSSR count). The molecular formula is C19H27N3O3. The maximum atomic E-state index is 12.3. The van der Waals surface area contributed by atoms with E-state index in [1.54, 1.807) is 0 Å². The molecule has 1 N–H and O–H groups in total. The van der Waals surface area contributed by atoms with Gasteiger partial charge in [-0.1, -0.05) is 6.07 Å². The second-order valence-corrected chi connectivity index (χ2v) is 5.71. The summed E-state index contributed by atoms with van der Waals surface area (Å²) in [6, 6.07) is 7.41. The molecule has 0 spiro atoms. The molecule has 0 bridgehead atoms. The van der Waals surface area contributed by atoms with Crippen molar-refractivity contribution in [2.75, 3.05) is 13.2 Å². The average molecular weight is 345 g/mol. The van der Waals surface area contributed by atoms with Crippen LogP contribution < -0.4 is 14.8 Å². The summed E-state index contributed by atoms with van der Waals surface area (Å²) in [4.78, 5) is 12.3. The van der Waals surface area contributed by atoms with Crippen LogP contribution >= 0.6 is 0 Å². The van der Waals surface area contributed by atoms with Gasteiger partial charge in [-0.25, -0.2) is 0 Å². The smallest absolute Gasteiger partial charge is 0.224 e. The SMILES string of the molecule is CCOc1ccc(CC(=O)NC(C)c2ccn(CC)n2)cc1OCC. The van der Waals surface area contributed by atoms with Crippen molar-refractivity contribution in [3.8, 4) is 11.5 Å². The number of hydrogen-bond donors (Lipinski definition) is 1. The van der Waals surface area contributed by atoms with Gasteiger partial charge in [-0.3, -0.25) is 9.48 Å². The van der Waals surface area contributed by atoms with Crippen molar-refractivity contribution in [3.63, 3.8) is 0 Å². The van der Waals surface area contributed by atoms with E-state index in [9.17, 15) is 4.79 Å². The Morgan fingerprint density at radius 1 is 1.16 bits per heavy atom. The molecule has 136 valence electrons. The van der Waals surface area contributed by atoms with Crippen LogP contribution in [-0.2, 0) is 17.8 Å². The Bertz CT molecular complexity index is 697. The van der Waals surface area contributed by atoms with E-state index < -0.39 is 0 Å². The first-order valence-electron chi connectivity index (χ1n) is 8.78. The fraction of sp³-hybridized carbons (Fsp3) is 0.474. The molecule has 1 amide bonds. The molecule has 0 aliphatic carbocycles. The van der Waals surface area contributed by atoms with E-state index in [1.165, 1.54) is 0 Å². The van der Waals surface area contributed by atoms with Gasteiger partial charge >= 0.3 is 0 Å². The monoisotopic (exact) mass is 345 g/mol. The van der Waals surface area contributed by atoms with E-state index in [2.05, 4.69) is 10.4 Å². The van der Waals surface area contributed by atoms with Crippen LogP contribution in [0.5, 0.6) is 11.5 Å². The summed E-state index contributed by atoms with van der Waals surface area (Å²) in [5.74, 6) is 1.32. The molecule has 1 atom stereocenters. The highest BCUT2D eigenvalue weighted by molar-refractivity contribution is 5.79. The van der Waals surface area contributed by atoms with Crippen LogP contribution in [0.2, 0.25) is 0 Å². The number of aryl methyl sites for hydroxylation is 1. The van der Waals surface area contributed by atoms with Gasteiger partial charge in [0.2, 0.25) is 5.91 Å².